The molecule has 0 fully saturated rings. The van der Waals surface area contributed by atoms with Gasteiger partial charge < -0.3 is 4.74 Å². The molecule has 0 spiro atoms. The smallest absolute Gasteiger partial charge is 0.340 e. The van der Waals surface area contributed by atoms with Crippen LogP contribution in [0.25, 0.3) is 5.69 Å². The molecule has 0 N–H and O–H groups in total. The van der Waals surface area contributed by atoms with Gasteiger partial charge in [-0.05, 0) is 12.1 Å². The average molecular weight is 259 g/mol. The second-order valence-electron chi connectivity index (χ2n) is 3.80. The van der Waals surface area contributed by atoms with Gasteiger partial charge in [-0.25, -0.2) is 4.79 Å². The van der Waals surface area contributed by atoms with Gasteiger partial charge in [0.05, 0.1) is 18.9 Å². The number of Topliss-reactive ketones (excluding diaryl/α,β-unsaturated/α-hetero) is 1. The highest BCUT2D eigenvalue weighted by molar-refractivity contribution is 5.94. The maximum atomic E-state index is 11.6. The molecular formula is C13H13N3O3. The van der Waals surface area contributed by atoms with E-state index in [9.17, 15) is 9.59 Å². The molecule has 0 amide bonds. The number of aromatic nitrogens is 3. The van der Waals surface area contributed by atoms with E-state index in [1.54, 1.807) is 31.2 Å². The van der Waals surface area contributed by atoms with Crippen LogP contribution in [-0.2, 0) is 4.74 Å². The topological polar surface area (TPSA) is 74.1 Å². The summed E-state index contributed by atoms with van der Waals surface area (Å²) in [6.07, 6.45) is 1.75. The van der Waals surface area contributed by atoms with Gasteiger partial charge >= 0.3 is 5.97 Å². The number of esters is 1. The van der Waals surface area contributed by atoms with E-state index in [0.717, 1.165) is 0 Å². The summed E-state index contributed by atoms with van der Waals surface area (Å²) in [5.41, 5.74) is 1.10. The molecule has 98 valence electrons. The van der Waals surface area contributed by atoms with Crippen LogP contribution in [0.15, 0.2) is 30.5 Å². The molecule has 0 aliphatic heterocycles. The van der Waals surface area contributed by atoms with Crippen molar-refractivity contribution < 1.29 is 14.3 Å². The lowest BCUT2D eigenvalue weighted by Crippen LogP contribution is -2.10. The molecule has 0 bridgehead atoms. The molecule has 6 nitrogen and oxygen atoms in total. The summed E-state index contributed by atoms with van der Waals surface area (Å²) in [6.45, 7) is 1.75. The average Bonchev–Trinajstić information content (AvgIpc) is 2.95. The molecule has 0 saturated carbocycles. The molecule has 6 heteroatoms. The number of para-hydroxylation sites is 1. The van der Waals surface area contributed by atoms with Crippen LogP contribution in [0.1, 0.15) is 34.2 Å². The van der Waals surface area contributed by atoms with Gasteiger partial charge in [0.25, 0.3) is 0 Å². The number of ketones is 1. The van der Waals surface area contributed by atoms with Gasteiger partial charge in [-0.2, -0.15) is 9.90 Å². The lowest BCUT2D eigenvalue weighted by molar-refractivity contribution is 0.0600. The van der Waals surface area contributed by atoms with Crippen LogP contribution >= 0.6 is 0 Å². The largest absolute Gasteiger partial charge is 0.465 e. The lowest BCUT2D eigenvalue weighted by Gasteiger charge is -2.05. The van der Waals surface area contributed by atoms with Crippen molar-refractivity contribution in [3.8, 4) is 5.69 Å². The molecular weight excluding hydrogens is 246 g/mol. The quantitative estimate of drug-likeness (QED) is 0.616. The summed E-state index contributed by atoms with van der Waals surface area (Å²) >= 11 is 0. The Bertz CT molecular complexity index is 619. The fraction of sp³-hybridized carbons (Fsp3) is 0.231. The number of carbonyl (C=O) groups is 2. The normalized spacial score (nSPS) is 10.2. The van der Waals surface area contributed by atoms with Crippen molar-refractivity contribution in [2.24, 2.45) is 0 Å². The molecule has 2 rings (SSSR count). The van der Waals surface area contributed by atoms with Crippen molar-refractivity contribution in [3.05, 3.63) is 41.7 Å². The minimum atomic E-state index is -0.476. The number of methoxy groups -OCH3 is 1. The van der Waals surface area contributed by atoms with Gasteiger partial charge in [-0.1, -0.05) is 19.1 Å². The number of hydrogen-bond donors (Lipinski definition) is 0. The van der Waals surface area contributed by atoms with E-state index < -0.39 is 5.97 Å². The Labute approximate surface area is 110 Å². The van der Waals surface area contributed by atoms with Crippen molar-refractivity contribution in [3.63, 3.8) is 0 Å². The summed E-state index contributed by atoms with van der Waals surface area (Å²) < 4.78 is 4.70. The highest BCUT2D eigenvalue weighted by Crippen LogP contribution is 2.14. The SMILES string of the molecule is CCC(=O)c1cnn(-c2ccccc2C(=O)OC)n1. The predicted octanol–water partition coefficient (Wildman–Crippen LogP) is 1.65. The number of benzene rings is 1. The fourth-order valence-corrected chi connectivity index (χ4v) is 1.62. The molecule has 2 aromatic rings. The highest BCUT2D eigenvalue weighted by atomic mass is 16.5. The second-order valence-corrected chi connectivity index (χ2v) is 3.80. The number of rotatable bonds is 4. The van der Waals surface area contributed by atoms with Gasteiger partial charge in [-0.15, -0.1) is 5.10 Å². The van der Waals surface area contributed by atoms with Crippen molar-refractivity contribution in [2.75, 3.05) is 7.11 Å². The second kappa shape index (κ2) is 5.43. The zero-order valence-corrected chi connectivity index (χ0v) is 10.7. The Hall–Kier alpha value is -2.50. The van der Waals surface area contributed by atoms with E-state index in [1.165, 1.54) is 18.1 Å². The van der Waals surface area contributed by atoms with E-state index in [2.05, 4.69) is 10.2 Å². The maximum absolute atomic E-state index is 11.6. The number of hydrogen-bond acceptors (Lipinski definition) is 5. The summed E-state index contributed by atoms with van der Waals surface area (Å²) in [4.78, 5) is 24.4. The fourth-order valence-electron chi connectivity index (χ4n) is 1.62. The van der Waals surface area contributed by atoms with E-state index >= 15 is 0 Å². The zero-order chi connectivity index (χ0) is 13.8. The van der Waals surface area contributed by atoms with Crippen molar-refractivity contribution in [1.82, 2.24) is 15.0 Å². The Morgan fingerprint density at radius 1 is 1.32 bits per heavy atom. The maximum Gasteiger partial charge on any atom is 0.340 e. The first-order chi connectivity index (χ1) is 9.17. The molecule has 19 heavy (non-hydrogen) atoms. The van der Waals surface area contributed by atoms with Crippen LogP contribution in [-0.4, -0.2) is 33.9 Å². The third kappa shape index (κ3) is 2.52. The van der Waals surface area contributed by atoms with Gasteiger partial charge in [0.15, 0.2) is 5.78 Å². The first-order valence-electron chi connectivity index (χ1n) is 5.80. The van der Waals surface area contributed by atoms with Crippen LogP contribution in [0.2, 0.25) is 0 Å². The van der Waals surface area contributed by atoms with Gasteiger partial charge in [0.1, 0.15) is 11.4 Å². The Balaban J connectivity index is 2.45. The zero-order valence-electron chi connectivity index (χ0n) is 10.7. The van der Waals surface area contributed by atoms with E-state index in [0.29, 0.717) is 17.7 Å². The van der Waals surface area contributed by atoms with Crippen molar-refractivity contribution in [2.45, 2.75) is 13.3 Å². The highest BCUT2D eigenvalue weighted by Gasteiger charge is 2.15. The lowest BCUT2D eigenvalue weighted by atomic mass is 10.2. The summed E-state index contributed by atoms with van der Waals surface area (Å²) in [5.74, 6) is -0.571. The van der Waals surface area contributed by atoms with Crippen molar-refractivity contribution in [1.29, 1.82) is 0 Å². The molecule has 0 unspecified atom stereocenters. The molecule has 1 aromatic carbocycles. The van der Waals surface area contributed by atoms with Crippen LogP contribution in [0.5, 0.6) is 0 Å². The van der Waals surface area contributed by atoms with E-state index in [4.69, 9.17) is 4.74 Å². The molecule has 0 aliphatic carbocycles. The molecule has 1 aromatic heterocycles. The molecule has 0 aliphatic rings. The minimum Gasteiger partial charge on any atom is -0.465 e. The number of carbonyl (C=O) groups excluding carboxylic acids is 2. The van der Waals surface area contributed by atoms with Gasteiger partial charge in [-0.3, -0.25) is 4.79 Å². The Morgan fingerprint density at radius 3 is 2.74 bits per heavy atom. The monoisotopic (exact) mass is 259 g/mol. The standard InChI is InChI=1S/C13H13N3O3/c1-3-12(17)10-8-14-16(15-10)11-7-5-4-6-9(11)13(18)19-2/h4-8H,3H2,1-2H3. The number of nitrogens with zero attached hydrogens (tertiary/aromatic N) is 3. The van der Waals surface area contributed by atoms with Crippen molar-refractivity contribution >= 4 is 11.8 Å². The first kappa shape index (κ1) is 12.9. The molecule has 0 radical (unpaired) electrons. The van der Waals surface area contributed by atoms with E-state index in [-0.39, 0.29) is 11.5 Å². The predicted molar refractivity (Wildman–Crippen MR) is 67.3 cm³/mol. The molecule has 0 atom stereocenters. The Morgan fingerprint density at radius 2 is 2.05 bits per heavy atom. The summed E-state index contributed by atoms with van der Waals surface area (Å²) in [5, 5.41) is 8.09. The van der Waals surface area contributed by atoms with Crippen LogP contribution < -0.4 is 0 Å². The van der Waals surface area contributed by atoms with Gasteiger partial charge in [0.2, 0.25) is 0 Å². The van der Waals surface area contributed by atoms with Crippen LogP contribution in [0.3, 0.4) is 0 Å². The van der Waals surface area contributed by atoms with Crippen LogP contribution in [0.4, 0.5) is 0 Å². The summed E-state index contributed by atoms with van der Waals surface area (Å²) in [6, 6.07) is 6.78. The van der Waals surface area contributed by atoms with Crippen LogP contribution in [0, 0.1) is 0 Å². The Kier molecular flexibility index (Phi) is 3.70. The summed E-state index contributed by atoms with van der Waals surface area (Å²) in [7, 11) is 1.31. The van der Waals surface area contributed by atoms with Gasteiger partial charge in [0, 0.05) is 6.42 Å². The molecule has 1 heterocycles. The minimum absolute atomic E-state index is 0.0956. The third-order valence-electron chi connectivity index (χ3n) is 2.62. The third-order valence-corrected chi connectivity index (χ3v) is 2.62. The number of ether oxygens (including phenoxy) is 1. The van der Waals surface area contributed by atoms with E-state index in [1.807, 2.05) is 0 Å². The first-order valence-corrected chi connectivity index (χ1v) is 5.80. The molecule has 0 saturated heterocycles.